The summed E-state index contributed by atoms with van der Waals surface area (Å²) < 4.78 is 5.24. The lowest BCUT2D eigenvalue weighted by Gasteiger charge is -2.13. The van der Waals surface area contributed by atoms with E-state index in [4.69, 9.17) is 4.74 Å². The summed E-state index contributed by atoms with van der Waals surface area (Å²) in [6.45, 7) is 4.05. The van der Waals surface area contributed by atoms with Crippen LogP contribution in [0, 0.1) is 0 Å². The Kier molecular flexibility index (Phi) is 7.02. The quantitative estimate of drug-likeness (QED) is 0.679. The van der Waals surface area contributed by atoms with Gasteiger partial charge in [-0.05, 0) is 43.7 Å². The molecule has 1 unspecified atom stereocenters. The number of carbonyl (C=O) groups is 2. The highest BCUT2D eigenvalue weighted by molar-refractivity contribution is 5.98. The lowest BCUT2D eigenvalue weighted by atomic mass is 10.1. The first-order valence-electron chi connectivity index (χ1n) is 8.61. The van der Waals surface area contributed by atoms with E-state index in [0.717, 1.165) is 12.1 Å². The van der Waals surface area contributed by atoms with Crippen LogP contribution in [0.4, 0.5) is 11.4 Å². The highest BCUT2D eigenvalue weighted by atomic mass is 16.5. The van der Waals surface area contributed by atoms with Crippen LogP contribution in [0.5, 0.6) is 5.75 Å². The van der Waals surface area contributed by atoms with Crippen molar-refractivity contribution in [3.05, 3.63) is 54.1 Å². The van der Waals surface area contributed by atoms with Gasteiger partial charge in [0.25, 0.3) is 5.91 Å². The topological polar surface area (TPSA) is 79.5 Å². The van der Waals surface area contributed by atoms with E-state index in [0.29, 0.717) is 17.0 Å². The molecule has 3 N–H and O–H groups in total. The van der Waals surface area contributed by atoms with Gasteiger partial charge >= 0.3 is 0 Å². The van der Waals surface area contributed by atoms with Gasteiger partial charge in [0.05, 0.1) is 19.3 Å². The molecule has 0 radical (unpaired) electrons. The van der Waals surface area contributed by atoms with Gasteiger partial charge in [0.1, 0.15) is 5.75 Å². The number of nitrogens with one attached hydrogen (secondary N) is 3. The minimum absolute atomic E-state index is 0.0870. The molecular weight excluding hydrogens is 330 g/mol. The van der Waals surface area contributed by atoms with E-state index in [9.17, 15) is 9.59 Å². The summed E-state index contributed by atoms with van der Waals surface area (Å²) in [5.41, 5.74) is 1.83. The number of methoxy groups -OCH3 is 1. The molecule has 0 aliphatic heterocycles. The van der Waals surface area contributed by atoms with E-state index in [-0.39, 0.29) is 24.4 Å². The van der Waals surface area contributed by atoms with Gasteiger partial charge in [-0.1, -0.05) is 25.1 Å². The lowest BCUT2D eigenvalue weighted by Crippen LogP contribution is -2.32. The summed E-state index contributed by atoms with van der Waals surface area (Å²) in [5, 5.41) is 8.74. The van der Waals surface area contributed by atoms with Crippen LogP contribution < -0.4 is 20.7 Å². The van der Waals surface area contributed by atoms with Crippen LogP contribution in [0.3, 0.4) is 0 Å². The SMILES string of the molecule is CCC(C)NC(=O)c1cccc(NC(=O)CNc2ccccc2OC)c1. The summed E-state index contributed by atoms with van der Waals surface area (Å²) in [7, 11) is 1.58. The summed E-state index contributed by atoms with van der Waals surface area (Å²) in [6.07, 6.45) is 0.858. The highest BCUT2D eigenvalue weighted by Gasteiger charge is 2.10. The molecule has 0 saturated carbocycles. The fourth-order valence-corrected chi connectivity index (χ4v) is 2.32. The second-order valence-electron chi connectivity index (χ2n) is 5.97. The largest absolute Gasteiger partial charge is 0.495 e. The smallest absolute Gasteiger partial charge is 0.251 e. The number of hydrogen-bond donors (Lipinski definition) is 3. The summed E-state index contributed by atoms with van der Waals surface area (Å²) in [6, 6.07) is 14.4. The Morgan fingerprint density at radius 1 is 1.12 bits per heavy atom. The number of rotatable bonds is 8. The van der Waals surface area contributed by atoms with Crippen molar-refractivity contribution in [1.29, 1.82) is 0 Å². The fraction of sp³-hybridized carbons (Fsp3) is 0.300. The first-order chi connectivity index (χ1) is 12.5. The standard InChI is InChI=1S/C20H25N3O3/c1-4-14(2)22-20(25)15-8-7-9-16(12-15)23-19(24)13-21-17-10-5-6-11-18(17)26-3/h5-12,14,21H,4,13H2,1-3H3,(H,22,25)(H,23,24). The van der Waals surface area contributed by atoms with E-state index >= 15 is 0 Å². The Morgan fingerprint density at radius 2 is 1.88 bits per heavy atom. The molecule has 2 rings (SSSR count). The third kappa shape index (κ3) is 5.51. The van der Waals surface area contributed by atoms with E-state index in [1.165, 1.54) is 0 Å². The number of para-hydroxylation sites is 2. The van der Waals surface area contributed by atoms with Gasteiger partial charge in [0, 0.05) is 17.3 Å². The predicted octanol–water partition coefficient (Wildman–Crippen LogP) is 3.27. The monoisotopic (exact) mass is 355 g/mol. The highest BCUT2D eigenvalue weighted by Crippen LogP contribution is 2.22. The molecule has 1 atom stereocenters. The van der Waals surface area contributed by atoms with Crippen LogP contribution in [-0.4, -0.2) is 31.5 Å². The molecule has 0 saturated heterocycles. The second kappa shape index (κ2) is 9.46. The Hall–Kier alpha value is -3.02. The zero-order valence-corrected chi connectivity index (χ0v) is 15.3. The Morgan fingerprint density at radius 3 is 2.62 bits per heavy atom. The number of amides is 2. The molecule has 0 fully saturated rings. The molecule has 138 valence electrons. The normalized spacial score (nSPS) is 11.3. The summed E-state index contributed by atoms with van der Waals surface area (Å²) in [4.78, 5) is 24.4. The van der Waals surface area contributed by atoms with Crippen molar-refractivity contribution in [3.63, 3.8) is 0 Å². The van der Waals surface area contributed by atoms with Crippen molar-refractivity contribution in [2.75, 3.05) is 24.3 Å². The molecule has 2 aromatic carbocycles. The molecule has 2 amide bonds. The van der Waals surface area contributed by atoms with Gasteiger partial charge in [0.15, 0.2) is 0 Å². The van der Waals surface area contributed by atoms with Gasteiger partial charge < -0.3 is 20.7 Å². The first kappa shape index (κ1) is 19.3. The van der Waals surface area contributed by atoms with Crippen molar-refractivity contribution in [2.24, 2.45) is 0 Å². The van der Waals surface area contributed by atoms with Crippen molar-refractivity contribution in [1.82, 2.24) is 5.32 Å². The van der Waals surface area contributed by atoms with Gasteiger partial charge in [-0.25, -0.2) is 0 Å². The van der Waals surface area contributed by atoms with Gasteiger partial charge in [-0.2, -0.15) is 0 Å². The Bertz CT molecular complexity index is 761. The van der Waals surface area contributed by atoms with E-state index in [1.807, 2.05) is 38.1 Å². The van der Waals surface area contributed by atoms with E-state index < -0.39 is 0 Å². The lowest BCUT2D eigenvalue weighted by molar-refractivity contribution is -0.114. The molecule has 6 heteroatoms. The third-order valence-corrected chi connectivity index (χ3v) is 3.94. The summed E-state index contributed by atoms with van der Waals surface area (Å²) in [5.74, 6) is 0.307. The molecule has 0 aromatic heterocycles. The minimum atomic E-state index is -0.213. The van der Waals surface area contributed by atoms with Crippen molar-refractivity contribution < 1.29 is 14.3 Å². The van der Waals surface area contributed by atoms with Gasteiger partial charge in [0.2, 0.25) is 5.91 Å². The summed E-state index contributed by atoms with van der Waals surface area (Å²) >= 11 is 0. The average molecular weight is 355 g/mol. The zero-order chi connectivity index (χ0) is 18.9. The number of anilines is 2. The predicted molar refractivity (Wildman–Crippen MR) is 104 cm³/mol. The number of benzene rings is 2. The number of ether oxygens (including phenoxy) is 1. The van der Waals surface area contributed by atoms with Gasteiger partial charge in [-0.3, -0.25) is 9.59 Å². The maximum atomic E-state index is 12.2. The molecule has 0 heterocycles. The molecule has 2 aromatic rings. The first-order valence-corrected chi connectivity index (χ1v) is 8.61. The molecule has 0 bridgehead atoms. The third-order valence-electron chi connectivity index (χ3n) is 3.94. The van der Waals surface area contributed by atoms with Crippen LogP contribution >= 0.6 is 0 Å². The number of carbonyl (C=O) groups excluding carboxylic acids is 2. The number of hydrogen-bond acceptors (Lipinski definition) is 4. The molecule has 0 spiro atoms. The van der Waals surface area contributed by atoms with E-state index in [2.05, 4.69) is 16.0 Å². The molecular formula is C20H25N3O3. The molecule has 6 nitrogen and oxygen atoms in total. The Labute approximate surface area is 153 Å². The van der Waals surface area contributed by atoms with E-state index in [1.54, 1.807) is 31.4 Å². The van der Waals surface area contributed by atoms with Crippen molar-refractivity contribution >= 4 is 23.2 Å². The van der Waals surface area contributed by atoms with Crippen LogP contribution in [0.2, 0.25) is 0 Å². The zero-order valence-electron chi connectivity index (χ0n) is 15.3. The minimum Gasteiger partial charge on any atom is -0.495 e. The van der Waals surface area contributed by atoms with Crippen LogP contribution in [0.1, 0.15) is 30.6 Å². The fourth-order valence-electron chi connectivity index (χ4n) is 2.32. The molecule has 0 aliphatic carbocycles. The van der Waals surface area contributed by atoms with Crippen molar-refractivity contribution in [2.45, 2.75) is 26.3 Å². The van der Waals surface area contributed by atoms with Crippen LogP contribution in [0.25, 0.3) is 0 Å². The average Bonchev–Trinajstić information content (AvgIpc) is 2.66. The van der Waals surface area contributed by atoms with Crippen molar-refractivity contribution in [3.8, 4) is 5.75 Å². The maximum absolute atomic E-state index is 12.2. The maximum Gasteiger partial charge on any atom is 0.251 e. The van der Waals surface area contributed by atoms with Gasteiger partial charge in [-0.15, -0.1) is 0 Å². The molecule has 0 aliphatic rings. The second-order valence-corrected chi connectivity index (χ2v) is 5.97. The van der Waals surface area contributed by atoms with Crippen LogP contribution in [0.15, 0.2) is 48.5 Å². The van der Waals surface area contributed by atoms with Crippen LogP contribution in [-0.2, 0) is 4.79 Å². The Balaban J connectivity index is 1.94. The molecule has 26 heavy (non-hydrogen) atoms.